The second-order valence-electron chi connectivity index (χ2n) is 3.64. The number of nitrogens with two attached hydrogens (primary N) is 1. The van der Waals surface area contributed by atoms with E-state index in [0.29, 0.717) is 10.4 Å². The monoisotopic (exact) mass is 243 g/mol. The van der Waals surface area contributed by atoms with Gasteiger partial charge in [-0.05, 0) is 45.5 Å². The van der Waals surface area contributed by atoms with E-state index >= 15 is 0 Å². The second-order valence-corrected chi connectivity index (χ2v) is 4.49. The zero-order valence-electron chi connectivity index (χ0n) is 7.35. The van der Waals surface area contributed by atoms with Gasteiger partial charge in [-0.1, -0.05) is 13.0 Å². The number of fused-ring (bicyclic) bond motifs is 1. The van der Waals surface area contributed by atoms with Crippen LogP contribution in [-0.2, 0) is 6.42 Å². The summed E-state index contributed by atoms with van der Waals surface area (Å²) in [6, 6.07) is 3.64. The average molecular weight is 244 g/mol. The molecule has 0 aromatic heterocycles. The van der Waals surface area contributed by atoms with Crippen LogP contribution in [0.3, 0.4) is 0 Å². The van der Waals surface area contributed by atoms with Crippen LogP contribution in [0.4, 0.5) is 4.39 Å². The first-order chi connectivity index (χ1) is 6.11. The quantitative estimate of drug-likeness (QED) is 0.746. The van der Waals surface area contributed by atoms with E-state index in [1.54, 1.807) is 6.07 Å². The zero-order valence-corrected chi connectivity index (χ0v) is 8.94. The summed E-state index contributed by atoms with van der Waals surface area (Å²) in [7, 11) is 0. The fraction of sp³-hybridized carbons (Fsp3) is 0.400. The highest BCUT2D eigenvalue weighted by atomic mass is 79.9. The van der Waals surface area contributed by atoms with E-state index in [1.807, 2.05) is 6.07 Å². The molecule has 0 bridgehead atoms. The van der Waals surface area contributed by atoms with E-state index in [-0.39, 0.29) is 11.9 Å². The van der Waals surface area contributed by atoms with Crippen molar-refractivity contribution in [1.29, 1.82) is 0 Å². The molecule has 2 rings (SSSR count). The van der Waals surface area contributed by atoms with E-state index in [1.165, 1.54) is 0 Å². The van der Waals surface area contributed by atoms with Gasteiger partial charge in [-0.3, -0.25) is 0 Å². The van der Waals surface area contributed by atoms with Crippen LogP contribution in [0.1, 0.15) is 24.1 Å². The molecule has 0 heterocycles. The Hall–Kier alpha value is -0.410. The number of halogens is 2. The molecule has 0 amide bonds. The Morgan fingerprint density at radius 3 is 2.92 bits per heavy atom. The van der Waals surface area contributed by atoms with Crippen LogP contribution in [0.15, 0.2) is 16.6 Å². The molecule has 1 aromatic carbocycles. The summed E-state index contributed by atoms with van der Waals surface area (Å²) >= 11 is 3.17. The molecule has 2 atom stereocenters. The molecular formula is C10H11BrFN. The minimum atomic E-state index is -0.141. The fourth-order valence-corrected chi connectivity index (χ4v) is 2.25. The minimum absolute atomic E-state index is 0.00222. The first-order valence-electron chi connectivity index (χ1n) is 4.33. The molecule has 0 aliphatic heterocycles. The van der Waals surface area contributed by atoms with Crippen molar-refractivity contribution >= 4 is 15.9 Å². The maximum Gasteiger partial charge on any atom is 0.140 e. The Balaban J connectivity index is 2.57. The smallest absolute Gasteiger partial charge is 0.140 e. The maximum atomic E-state index is 13.5. The second kappa shape index (κ2) is 3.07. The van der Waals surface area contributed by atoms with Crippen LogP contribution in [0.5, 0.6) is 0 Å². The summed E-state index contributed by atoms with van der Waals surface area (Å²) < 4.78 is 14.1. The molecular weight excluding hydrogens is 233 g/mol. The van der Waals surface area contributed by atoms with Crippen LogP contribution in [0.2, 0.25) is 0 Å². The lowest BCUT2D eigenvalue weighted by Gasteiger charge is -2.09. The van der Waals surface area contributed by atoms with Gasteiger partial charge in [-0.15, -0.1) is 0 Å². The average Bonchev–Trinajstić information content (AvgIpc) is 2.38. The molecule has 1 aromatic rings. The van der Waals surface area contributed by atoms with Crippen molar-refractivity contribution in [3.05, 3.63) is 33.5 Å². The van der Waals surface area contributed by atoms with Crippen LogP contribution in [0.25, 0.3) is 0 Å². The fourth-order valence-electron chi connectivity index (χ4n) is 1.88. The molecule has 3 heteroatoms. The van der Waals surface area contributed by atoms with Gasteiger partial charge in [-0.2, -0.15) is 0 Å². The van der Waals surface area contributed by atoms with Crippen molar-refractivity contribution in [1.82, 2.24) is 0 Å². The van der Waals surface area contributed by atoms with Crippen LogP contribution < -0.4 is 5.73 Å². The molecule has 0 fully saturated rings. The van der Waals surface area contributed by atoms with Gasteiger partial charge in [-0.25, -0.2) is 4.39 Å². The van der Waals surface area contributed by atoms with Crippen LogP contribution >= 0.6 is 15.9 Å². The third-order valence-electron chi connectivity index (χ3n) is 2.73. The van der Waals surface area contributed by atoms with E-state index in [4.69, 9.17) is 5.73 Å². The first-order valence-corrected chi connectivity index (χ1v) is 5.13. The molecule has 13 heavy (non-hydrogen) atoms. The number of hydrogen-bond acceptors (Lipinski definition) is 1. The molecule has 2 unspecified atom stereocenters. The molecule has 1 nitrogen and oxygen atoms in total. The number of benzene rings is 1. The predicted octanol–water partition coefficient (Wildman–Crippen LogP) is 2.78. The van der Waals surface area contributed by atoms with Crippen molar-refractivity contribution in [2.45, 2.75) is 19.4 Å². The van der Waals surface area contributed by atoms with Gasteiger partial charge in [0.15, 0.2) is 0 Å². The van der Waals surface area contributed by atoms with Gasteiger partial charge >= 0.3 is 0 Å². The van der Waals surface area contributed by atoms with E-state index in [9.17, 15) is 4.39 Å². The molecule has 1 aliphatic carbocycles. The highest BCUT2D eigenvalue weighted by molar-refractivity contribution is 9.10. The summed E-state index contributed by atoms with van der Waals surface area (Å²) in [4.78, 5) is 0. The van der Waals surface area contributed by atoms with E-state index < -0.39 is 0 Å². The highest BCUT2D eigenvalue weighted by Crippen LogP contribution is 2.37. The van der Waals surface area contributed by atoms with Crippen LogP contribution in [-0.4, -0.2) is 0 Å². The Morgan fingerprint density at radius 1 is 1.54 bits per heavy atom. The Kier molecular flexibility index (Phi) is 2.16. The third-order valence-corrected chi connectivity index (χ3v) is 3.34. The first kappa shape index (κ1) is 9.16. The van der Waals surface area contributed by atoms with Gasteiger partial charge in [0.2, 0.25) is 0 Å². The summed E-state index contributed by atoms with van der Waals surface area (Å²) in [5.74, 6) is 0.205. The molecule has 0 saturated heterocycles. The maximum absolute atomic E-state index is 13.5. The lowest BCUT2D eigenvalue weighted by atomic mass is 10.0. The van der Waals surface area contributed by atoms with Gasteiger partial charge in [0.1, 0.15) is 5.82 Å². The summed E-state index contributed by atoms with van der Waals surface area (Å²) in [6.45, 7) is 2.05. The topological polar surface area (TPSA) is 26.0 Å². The van der Waals surface area contributed by atoms with Crippen molar-refractivity contribution in [3.8, 4) is 0 Å². The van der Waals surface area contributed by atoms with Gasteiger partial charge in [0, 0.05) is 6.04 Å². The summed E-state index contributed by atoms with van der Waals surface area (Å²) in [5, 5.41) is 0. The SMILES string of the molecule is CC1Cc2c(ccc(Br)c2F)C1N. The van der Waals surface area contributed by atoms with Crippen molar-refractivity contribution < 1.29 is 4.39 Å². The molecule has 0 radical (unpaired) electrons. The van der Waals surface area contributed by atoms with E-state index in [0.717, 1.165) is 17.5 Å². The highest BCUT2D eigenvalue weighted by Gasteiger charge is 2.29. The predicted molar refractivity (Wildman–Crippen MR) is 53.9 cm³/mol. The van der Waals surface area contributed by atoms with Crippen molar-refractivity contribution in [3.63, 3.8) is 0 Å². The lowest BCUT2D eigenvalue weighted by Crippen LogP contribution is -2.13. The summed E-state index contributed by atoms with van der Waals surface area (Å²) in [5.41, 5.74) is 7.68. The van der Waals surface area contributed by atoms with Gasteiger partial charge < -0.3 is 5.73 Å². The lowest BCUT2D eigenvalue weighted by molar-refractivity contribution is 0.509. The Morgan fingerprint density at radius 2 is 2.23 bits per heavy atom. The van der Waals surface area contributed by atoms with Gasteiger partial charge in [0.25, 0.3) is 0 Å². The third kappa shape index (κ3) is 1.30. The molecule has 0 spiro atoms. The van der Waals surface area contributed by atoms with E-state index in [2.05, 4.69) is 22.9 Å². The minimum Gasteiger partial charge on any atom is -0.324 e. The largest absolute Gasteiger partial charge is 0.324 e. The standard InChI is InChI=1S/C10H11BrFN/c1-5-4-7-6(10(5)13)2-3-8(11)9(7)12/h2-3,5,10H,4,13H2,1H3. The molecule has 1 aliphatic rings. The number of hydrogen-bond donors (Lipinski definition) is 1. The van der Waals surface area contributed by atoms with Crippen molar-refractivity contribution in [2.75, 3.05) is 0 Å². The van der Waals surface area contributed by atoms with Crippen LogP contribution in [0, 0.1) is 11.7 Å². The molecule has 0 saturated carbocycles. The van der Waals surface area contributed by atoms with Crippen molar-refractivity contribution in [2.24, 2.45) is 11.7 Å². The molecule has 70 valence electrons. The molecule has 2 N–H and O–H groups in total. The Bertz CT molecular complexity index is 351. The summed E-state index contributed by atoms with van der Waals surface area (Å²) in [6.07, 6.45) is 0.752. The number of rotatable bonds is 0. The normalized spacial score (nSPS) is 26.2. The van der Waals surface area contributed by atoms with Gasteiger partial charge in [0.05, 0.1) is 4.47 Å². The zero-order chi connectivity index (χ0) is 9.59. The Labute approximate surface area is 85.3 Å².